The number of pyridine rings is 2. The Labute approximate surface area is 234 Å². The van der Waals surface area contributed by atoms with Crippen molar-refractivity contribution in [2.75, 3.05) is 38.9 Å². The van der Waals surface area contributed by atoms with E-state index in [1.165, 1.54) is 43.5 Å². The number of amides is 2. The van der Waals surface area contributed by atoms with Gasteiger partial charge in [-0.15, -0.1) is 0 Å². The van der Waals surface area contributed by atoms with Crippen LogP contribution in [0, 0.1) is 0 Å². The van der Waals surface area contributed by atoms with Gasteiger partial charge in [-0.05, 0) is 30.3 Å². The molecular formula is C25H24F6N6O5. The lowest BCUT2D eigenvalue weighted by Gasteiger charge is -2.18. The molecule has 42 heavy (non-hydrogen) atoms. The number of nitrogens with zero attached hydrogens (tertiary/aromatic N) is 3. The van der Waals surface area contributed by atoms with Crippen LogP contribution in [-0.4, -0.2) is 72.2 Å². The van der Waals surface area contributed by atoms with Crippen LogP contribution >= 0.6 is 0 Å². The average molecular weight is 602 g/mol. The minimum absolute atomic E-state index is 0.0656. The van der Waals surface area contributed by atoms with Crippen LogP contribution in [-0.2, 0) is 11.0 Å². The Morgan fingerprint density at radius 3 is 2.10 bits per heavy atom. The number of aliphatic carboxylic acids is 1. The van der Waals surface area contributed by atoms with Crippen LogP contribution in [0.2, 0.25) is 0 Å². The highest BCUT2D eigenvalue weighted by Crippen LogP contribution is 2.38. The van der Waals surface area contributed by atoms with E-state index in [-0.39, 0.29) is 28.8 Å². The highest BCUT2D eigenvalue weighted by Gasteiger charge is 2.38. The maximum Gasteiger partial charge on any atom is 0.490 e. The first-order chi connectivity index (χ1) is 19.5. The molecule has 0 fully saturated rings. The zero-order valence-corrected chi connectivity index (χ0v) is 22.3. The molecule has 0 radical (unpaired) electrons. The number of carbonyl (C=O) groups is 3. The van der Waals surface area contributed by atoms with Gasteiger partial charge in [-0.3, -0.25) is 9.59 Å². The van der Waals surface area contributed by atoms with Gasteiger partial charge in [0, 0.05) is 45.2 Å². The Morgan fingerprint density at radius 1 is 0.929 bits per heavy atom. The summed E-state index contributed by atoms with van der Waals surface area (Å²) in [5.41, 5.74) is -0.608. The second-order valence-corrected chi connectivity index (χ2v) is 8.26. The molecule has 2 aromatic heterocycles. The summed E-state index contributed by atoms with van der Waals surface area (Å²) >= 11 is 0. The van der Waals surface area contributed by atoms with Crippen LogP contribution in [0.1, 0.15) is 26.4 Å². The summed E-state index contributed by atoms with van der Waals surface area (Å²) < 4.78 is 78.1. The third-order valence-electron chi connectivity index (χ3n) is 5.09. The lowest BCUT2D eigenvalue weighted by Crippen LogP contribution is -2.21. The number of hydrogen-bond donors (Lipinski definition) is 4. The molecule has 11 nitrogen and oxygen atoms in total. The Bertz CT molecular complexity index is 1450. The summed E-state index contributed by atoms with van der Waals surface area (Å²) in [7, 11) is 6.01. The van der Waals surface area contributed by atoms with Crippen molar-refractivity contribution in [1.82, 2.24) is 20.2 Å². The maximum atomic E-state index is 13.7. The number of carboxylic acid groups (broad SMARTS) is 1. The van der Waals surface area contributed by atoms with Gasteiger partial charge in [0.1, 0.15) is 11.6 Å². The number of rotatable bonds is 7. The fraction of sp³-hybridized carbons (Fsp3) is 0.240. The first-order valence-electron chi connectivity index (χ1n) is 11.5. The van der Waals surface area contributed by atoms with Crippen molar-refractivity contribution in [2.24, 2.45) is 0 Å². The minimum atomic E-state index is -5.08. The number of benzene rings is 1. The fourth-order valence-electron chi connectivity index (χ4n) is 3.13. The molecule has 0 saturated heterocycles. The van der Waals surface area contributed by atoms with Gasteiger partial charge in [-0.25, -0.2) is 14.8 Å². The number of alkyl halides is 6. The van der Waals surface area contributed by atoms with Gasteiger partial charge >= 0.3 is 18.3 Å². The van der Waals surface area contributed by atoms with Crippen molar-refractivity contribution in [3.05, 3.63) is 65.6 Å². The van der Waals surface area contributed by atoms with Crippen LogP contribution in [0.15, 0.2) is 48.8 Å². The number of carboxylic acids is 1. The van der Waals surface area contributed by atoms with Crippen LogP contribution in [0.5, 0.6) is 5.75 Å². The van der Waals surface area contributed by atoms with Crippen molar-refractivity contribution in [2.45, 2.75) is 12.4 Å². The molecule has 0 aliphatic rings. The molecule has 0 bridgehead atoms. The summed E-state index contributed by atoms with van der Waals surface area (Å²) in [5.74, 6) is -3.20. The molecule has 0 atom stereocenters. The Morgan fingerprint density at radius 2 is 1.57 bits per heavy atom. The standard InChI is InChI=1S/C23H23F3N6O3.C2HF3O2/c1-27-21(33)20-16(6-5-9-28-20)30-17-11-19(29-12-14(17)23(24,25)26)31-15-8-7-13(10-18(15)35-4)22(34)32(2)3;3-2(4,5)1(6)7/h5-12H,1-4H3,(H,27,33)(H2,29,30,31);(H,6,7). The number of methoxy groups -OCH3 is 1. The van der Waals surface area contributed by atoms with E-state index in [1.54, 1.807) is 26.2 Å². The number of anilines is 4. The average Bonchev–Trinajstić information content (AvgIpc) is 2.92. The normalized spacial score (nSPS) is 11.0. The number of aromatic nitrogens is 2. The van der Waals surface area contributed by atoms with E-state index in [2.05, 4.69) is 25.9 Å². The third-order valence-corrected chi connectivity index (χ3v) is 5.09. The molecule has 3 aromatic rings. The van der Waals surface area contributed by atoms with E-state index in [1.807, 2.05) is 0 Å². The minimum Gasteiger partial charge on any atom is -0.495 e. The van der Waals surface area contributed by atoms with Crippen molar-refractivity contribution >= 4 is 40.7 Å². The quantitative estimate of drug-likeness (QED) is 0.283. The van der Waals surface area contributed by atoms with Crippen molar-refractivity contribution < 1.29 is 50.6 Å². The van der Waals surface area contributed by atoms with Gasteiger partial charge in [0.05, 0.1) is 29.7 Å². The molecule has 3 rings (SSSR count). The van der Waals surface area contributed by atoms with Crippen LogP contribution in [0.4, 0.5) is 49.2 Å². The predicted octanol–water partition coefficient (Wildman–Crippen LogP) is 4.69. The van der Waals surface area contributed by atoms with Gasteiger partial charge in [-0.1, -0.05) is 0 Å². The highest BCUT2D eigenvalue weighted by atomic mass is 19.4. The maximum absolute atomic E-state index is 13.7. The lowest BCUT2D eigenvalue weighted by molar-refractivity contribution is -0.192. The summed E-state index contributed by atoms with van der Waals surface area (Å²) in [6, 6.07) is 8.72. The molecule has 2 heterocycles. The number of ether oxygens (including phenoxy) is 1. The summed E-state index contributed by atoms with van der Waals surface area (Å²) in [4.78, 5) is 42.5. The van der Waals surface area contributed by atoms with E-state index in [0.717, 1.165) is 6.07 Å². The van der Waals surface area contributed by atoms with E-state index in [4.69, 9.17) is 14.6 Å². The predicted molar refractivity (Wildman–Crippen MR) is 138 cm³/mol. The molecule has 17 heteroatoms. The number of halogens is 6. The summed E-state index contributed by atoms with van der Waals surface area (Å²) in [6.07, 6.45) is -7.76. The molecule has 226 valence electrons. The summed E-state index contributed by atoms with van der Waals surface area (Å²) in [6.45, 7) is 0. The SMILES string of the molecule is CNC(=O)c1ncccc1Nc1cc(Nc2ccc(C(=O)N(C)C)cc2OC)ncc1C(F)(F)F.O=C(O)C(F)(F)F. The Balaban J connectivity index is 0.000000782. The van der Waals surface area contributed by atoms with E-state index in [9.17, 15) is 35.9 Å². The molecule has 4 N–H and O–H groups in total. The van der Waals surface area contributed by atoms with Crippen LogP contribution in [0.25, 0.3) is 0 Å². The van der Waals surface area contributed by atoms with Gasteiger partial charge in [0.25, 0.3) is 11.8 Å². The van der Waals surface area contributed by atoms with Gasteiger partial charge in [-0.2, -0.15) is 26.3 Å². The van der Waals surface area contributed by atoms with Gasteiger partial charge < -0.3 is 30.7 Å². The van der Waals surface area contributed by atoms with Gasteiger partial charge in [0.2, 0.25) is 0 Å². The van der Waals surface area contributed by atoms with Crippen molar-refractivity contribution in [1.29, 1.82) is 0 Å². The fourth-order valence-corrected chi connectivity index (χ4v) is 3.13. The van der Waals surface area contributed by atoms with Crippen molar-refractivity contribution in [3.63, 3.8) is 0 Å². The zero-order valence-electron chi connectivity index (χ0n) is 22.3. The molecule has 2 amide bonds. The second-order valence-electron chi connectivity index (χ2n) is 8.26. The Hall–Kier alpha value is -5.09. The Kier molecular flexibility index (Phi) is 10.7. The second kappa shape index (κ2) is 13.5. The van der Waals surface area contributed by atoms with Crippen LogP contribution in [0.3, 0.4) is 0 Å². The zero-order chi connectivity index (χ0) is 31.8. The first kappa shape index (κ1) is 33.1. The van der Waals surface area contributed by atoms with E-state index >= 15 is 0 Å². The number of nitrogens with one attached hydrogen (secondary N) is 3. The van der Waals surface area contributed by atoms with E-state index < -0.39 is 29.8 Å². The topological polar surface area (TPSA) is 146 Å². The molecule has 0 saturated carbocycles. The lowest BCUT2D eigenvalue weighted by atomic mass is 10.1. The van der Waals surface area contributed by atoms with Crippen molar-refractivity contribution in [3.8, 4) is 5.75 Å². The summed E-state index contributed by atoms with van der Waals surface area (Å²) in [5, 5.41) is 15.1. The van der Waals surface area contributed by atoms with E-state index in [0.29, 0.717) is 23.2 Å². The molecule has 0 spiro atoms. The smallest absolute Gasteiger partial charge is 0.490 e. The van der Waals surface area contributed by atoms with Crippen LogP contribution < -0.4 is 20.7 Å². The molecular weight excluding hydrogens is 578 g/mol. The molecule has 1 aromatic carbocycles. The van der Waals surface area contributed by atoms with Gasteiger partial charge in [0.15, 0.2) is 5.69 Å². The largest absolute Gasteiger partial charge is 0.495 e. The molecule has 0 unspecified atom stereocenters. The first-order valence-corrected chi connectivity index (χ1v) is 11.5. The number of hydrogen-bond acceptors (Lipinski definition) is 8. The monoisotopic (exact) mass is 602 g/mol. The molecule has 0 aliphatic heterocycles. The highest BCUT2D eigenvalue weighted by molar-refractivity contribution is 5.98. The molecule has 0 aliphatic carbocycles. The third kappa shape index (κ3) is 8.70. The number of carbonyl (C=O) groups excluding carboxylic acids is 2.